The molecule has 0 aliphatic carbocycles. The summed E-state index contributed by atoms with van der Waals surface area (Å²) in [6.45, 7) is 8.66. The summed E-state index contributed by atoms with van der Waals surface area (Å²) in [7, 11) is 1.69. The van der Waals surface area contributed by atoms with Gasteiger partial charge in [0.2, 0.25) is 5.28 Å². The van der Waals surface area contributed by atoms with Crippen molar-refractivity contribution in [3.05, 3.63) is 47.0 Å². The van der Waals surface area contributed by atoms with Crippen LogP contribution < -0.4 is 4.74 Å². The molecule has 0 saturated heterocycles. The first-order chi connectivity index (χ1) is 11.9. The van der Waals surface area contributed by atoms with Crippen LogP contribution in [0.2, 0.25) is 5.28 Å². The van der Waals surface area contributed by atoms with Crippen LogP contribution in [-0.2, 0) is 6.42 Å². The molecular weight excluding hydrogens is 334 g/mol. The summed E-state index contributed by atoms with van der Waals surface area (Å²) in [5.41, 5.74) is 4.93. The predicted molar refractivity (Wildman–Crippen MR) is 103 cm³/mol. The van der Waals surface area contributed by atoms with E-state index in [0.717, 1.165) is 40.1 Å². The molecule has 132 valence electrons. The number of rotatable bonds is 5. The van der Waals surface area contributed by atoms with Crippen LogP contribution in [0.15, 0.2) is 30.5 Å². The van der Waals surface area contributed by atoms with Crippen LogP contribution in [0.4, 0.5) is 0 Å². The average molecular weight is 358 g/mol. The summed E-state index contributed by atoms with van der Waals surface area (Å²) < 4.78 is 7.49. The Kier molecular flexibility index (Phi) is 5.00. The molecule has 0 bridgehead atoms. The first-order valence-corrected chi connectivity index (χ1v) is 8.99. The second kappa shape index (κ2) is 7.04. The lowest BCUT2D eigenvalue weighted by Crippen LogP contribution is -2.01. The van der Waals surface area contributed by atoms with Crippen molar-refractivity contribution >= 4 is 22.6 Å². The van der Waals surface area contributed by atoms with Gasteiger partial charge in [-0.3, -0.25) is 9.55 Å². The van der Waals surface area contributed by atoms with Crippen LogP contribution in [-0.4, -0.2) is 21.6 Å². The van der Waals surface area contributed by atoms with Gasteiger partial charge in [-0.1, -0.05) is 27.7 Å². The van der Waals surface area contributed by atoms with Crippen LogP contribution >= 0.6 is 11.6 Å². The SMILES string of the molecule is COc1cc2nc(Cl)n(-c3ccc(C(C)C)nc3)c2cc1CC(C)C. The zero-order chi connectivity index (χ0) is 18.1. The third kappa shape index (κ3) is 3.49. The molecule has 0 unspecified atom stereocenters. The second-order valence-electron chi connectivity index (χ2n) is 7.06. The Labute approximate surface area is 153 Å². The Morgan fingerprint density at radius 1 is 1.16 bits per heavy atom. The number of aromatic nitrogens is 3. The number of hydrogen-bond donors (Lipinski definition) is 0. The first-order valence-electron chi connectivity index (χ1n) is 8.62. The lowest BCUT2D eigenvalue weighted by molar-refractivity contribution is 0.407. The molecule has 0 amide bonds. The van der Waals surface area contributed by atoms with Crippen molar-refractivity contribution in [2.24, 2.45) is 5.92 Å². The van der Waals surface area contributed by atoms with Gasteiger partial charge in [0.25, 0.3) is 0 Å². The van der Waals surface area contributed by atoms with Gasteiger partial charge in [-0.25, -0.2) is 4.98 Å². The van der Waals surface area contributed by atoms with E-state index in [1.807, 2.05) is 29.0 Å². The van der Waals surface area contributed by atoms with Crippen molar-refractivity contribution in [1.29, 1.82) is 0 Å². The third-order valence-corrected chi connectivity index (χ3v) is 4.52. The van der Waals surface area contributed by atoms with Gasteiger partial charge >= 0.3 is 0 Å². The van der Waals surface area contributed by atoms with Gasteiger partial charge in [-0.15, -0.1) is 0 Å². The molecule has 4 nitrogen and oxygen atoms in total. The Morgan fingerprint density at radius 3 is 2.48 bits per heavy atom. The second-order valence-corrected chi connectivity index (χ2v) is 7.40. The lowest BCUT2D eigenvalue weighted by Gasteiger charge is -2.12. The van der Waals surface area contributed by atoms with Crippen molar-refractivity contribution in [3.63, 3.8) is 0 Å². The molecule has 25 heavy (non-hydrogen) atoms. The van der Waals surface area contributed by atoms with E-state index in [0.29, 0.717) is 17.1 Å². The number of methoxy groups -OCH3 is 1. The van der Waals surface area contributed by atoms with E-state index in [1.165, 1.54) is 0 Å². The number of nitrogens with zero attached hydrogens (tertiary/aromatic N) is 3. The van der Waals surface area contributed by atoms with Gasteiger partial charge in [0.05, 0.1) is 30.0 Å². The highest BCUT2D eigenvalue weighted by Crippen LogP contribution is 2.31. The summed E-state index contributed by atoms with van der Waals surface area (Å²) in [6.07, 6.45) is 2.79. The first kappa shape index (κ1) is 17.7. The standard InChI is InChI=1S/C20H24ClN3O/c1-12(2)8-14-9-18-17(10-19(14)25-5)23-20(21)24(18)15-6-7-16(13(3)4)22-11-15/h6-7,9-13H,8H2,1-5H3. The molecule has 3 aromatic rings. The van der Waals surface area contributed by atoms with Gasteiger partial charge in [0.15, 0.2) is 0 Å². The number of hydrogen-bond acceptors (Lipinski definition) is 3. The fraction of sp³-hybridized carbons (Fsp3) is 0.400. The fourth-order valence-corrected chi connectivity index (χ4v) is 3.30. The molecule has 3 rings (SSSR count). The van der Waals surface area contributed by atoms with Gasteiger partial charge in [0.1, 0.15) is 5.75 Å². The zero-order valence-electron chi connectivity index (χ0n) is 15.4. The third-order valence-electron chi connectivity index (χ3n) is 4.26. The molecular formula is C20H24ClN3O. The fourth-order valence-electron chi connectivity index (χ4n) is 3.02. The summed E-state index contributed by atoms with van der Waals surface area (Å²) in [4.78, 5) is 9.05. The summed E-state index contributed by atoms with van der Waals surface area (Å²) >= 11 is 6.44. The van der Waals surface area contributed by atoms with Crippen molar-refractivity contribution in [1.82, 2.24) is 14.5 Å². The molecule has 2 aromatic heterocycles. The van der Waals surface area contributed by atoms with E-state index in [4.69, 9.17) is 16.3 Å². The Balaban J connectivity index is 2.15. The largest absolute Gasteiger partial charge is 0.496 e. The summed E-state index contributed by atoms with van der Waals surface area (Å²) in [5, 5.41) is 0.429. The Bertz CT molecular complexity index is 882. The van der Waals surface area contributed by atoms with Crippen molar-refractivity contribution in [2.75, 3.05) is 7.11 Å². The molecule has 1 aromatic carbocycles. The van der Waals surface area contributed by atoms with Crippen molar-refractivity contribution < 1.29 is 4.74 Å². The number of fused-ring (bicyclic) bond motifs is 1. The summed E-state index contributed by atoms with van der Waals surface area (Å²) in [6, 6.07) is 8.18. The number of halogens is 1. The van der Waals surface area contributed by atoms with Crippen LogP contribution in [0.5, 0.6) is 5.75 Å². The minimum absolute atomic E-state index is 0.394. The minimum atomic E-state index is 0.394. The minimum Gasteiger partial charge on any atom is -0.496 e. The molecule has 0 atom stereocenters. The molecule has 0 aliphatic rings. The van der Waals surface area contributed by atoms with E-state index in [1.54, 1.807) is 7.11 Å². The zero-order valence-corrected chi connectivity index (χ0v) is 16.1. The highest BCUT2D eigenvalue weighted by Gasteiger charge is 2.16. The number of benzene rings is 1. The maximum atomic E-state index is 6.44. The molecule has 0 N–H and O–H groups in total. The summed E-state index contributed by atoms with van der Waals surface area (Å²) in [5.74, 6) is 1.78. The smallest absolute Gasteiger partial charge is 0.208 e. The average Bonchev–Trinajstić information content (AvgIpc) is 2.88. The van der Waals surface area contributed by atoms with Gasteiger partial charge in [-0.2, -0.15) is 0 Å². The molecule has 0 saturated carbocycles. The molecule has 0 spiro atoms. The van der Waals surface area contributed by atoms with E-state index in [-0.39, 0.29) is 0 Å². The molecule has 0 fully saturated rings. The van der Waals surface area contributed by atoms with Crippen molar-refractivity contribution in [3.8, 4) is 11.4 Å². The maximum Gasteiger partial charge on any atom is 0.208 e. The van der Waals surface area contributed by atoms with Crippen LogP contribution in [0.25, 0.3) is 16.7 Å². The lowest BCUT2D eigenvalue weighted by atomic mass is 10.0. The van der Waals surface area contributed by atoms with Gasteiger partial charge in [0, 0.05) is 11.8 Å². The van der Waals surface area contributed by atoms with Crippen LogP contribution in [0.3, 0.4) is 0 Å². The maximum absolute atomic E-state index is 6.44. The van der Waals surface area contributed by atoms with Gasteiger partial charge in [-0.05, 0) is 53.6 Å². The van der Waals surface area contributed by atoms with E-state index >= 15 is 0 Å². The highest BCUT2D eigenvalue weighted by molar-refractivity contribution is 6.29. The number of imidazole rings is 1. The van der Waals surface area contributed by atoms with E-state index in [9.17, 15) is 0 Å². The normalized spacial score (nSPS) is 11.7. The van der Waals surface area contributed by atoms with Crippen molar-refractivity contribution in [2.45, 2.75) is 40.0 Å². The molecule has 0 radical (unpaired) electrons. The quantitative estimate of drug-likeness (QED) is 0.613. The predicted octanol–water partition coefficient (Wildman–Crippen LogP) is 5.40. The van der Waals surface area contributed by atoms with Crippen LogP contribution in [0.1, 0.15) is 44.9 Å². The molecule has 0 aliphatic heterocycles. The van der Waals surface area contributed by atoms with E-state index < -0.39 is 0 Å². The van der Waals surface area contributed by atoms with Crippen LogP contribution in [0, 0.1) is 5.92 Å². The topological polar surface area (TPSA) is 39.9 Å². The van der Waals surface area contributed by atoms with E-state index in [2.05, 4.69) is 43.7 Å². The van der Waals surface area contributed by atoms with Gasteiger partial charge < -0.3 is 4.74 Å². The number of pyridine rings is 1. The molecule has 2 heterocycles. The Hall–Kier alpha value is -2.07. The molecule has 5 heteroatoms. The Morgan fingerprint density at radius 2 is 1.92 bits per heavy atom. The monoisotopic (exact) mass is 357 g/mol. The number of ether oxygens (including phenoxy) is 1. The highest BCUT2D eigenvalue weighted by atomic mass is 35.5.